The Labute approximate surface area is 182 Å². The van der Waals surface area contributed by atoms with Gasteiger partial charge in [0, 0.05) is 30.8 Å². The van der Waals surface area contributed by atoms with Crippen molar-refractivity contribution in [2.45, 2.75) is 11.4 Å². The molecule has 3 rings (SSSR count). The van der Waals surface area contributed by atoms with Crippen molar-refractivity contribution in [3.63, 3.8) is 0 Å². The van der Waals surface area contributed by atoms with Gasteiger partial charge in [-0.1, -0.05) is 24.3 Å². The standard InChI is InChI=1S/C23H24N2O5S/c1-25(19-9-5-4-6-10-19)31(27,28)21-11-7-8-17(14-21)23(26)24-16-18-12-13-20(29-2)15-22(18)30-3/h4-15H,16H2,1-3H3,(H,24,26). The molecule has 0 radical (unpaired) electrons. The molecule has 0 spiro atoms. The second kappa shape index (κ2) is 9.53. The van der Waals surface area contributed by atoms with Crippen LogP contribution in [0.3, 0.4) is 0 Å². The molecule has 1 N–H and O–H groups in total. The number of sulfonamides is 1. The van der Waals surface area contributed by atoms with Crippen molar-refractivity contribution >= 4 is 21.6 Å². The number of nitrogens with one attached hydrogen (secondary N) is 1. The molecule has 7 nitrogen and oxygen atoms in total. The van der Waals surface area contributed by atoms with Gasteiger partial charge in [0.1, 0.15) is 11.5 Å². The quantitative estimate of drug-likeness (QED) is 0.580. The Hall–Kier alpha value is -3.52. The minimum atomic E-state index is -3.81. The number of ether oxygens (including phenoxy) is 2. The van der Waals surface area contributed by atoms with Crippen LogP contribution in [-0.2, 0) is 16.6 Å². The Bertz CT molecular complexity index is 1160. The zero-order valence-electron chi connectivity index (χ0n) is 17.5. The molecule has 0 bridgehead atoms. The van der Waals surface area contributed by atoms with Gasteiger partial charge < -0.3 is 14.8 Å². The topological polar surface area (TPSA) is 84.9 Å². The highest BCUT2D eigenvalue weighted by molar-refractivity contribution is 7.92. The van der Waals surface area contributed by atoms with Crippen molar-refractivity contribution < 1.29 is 22.7 Å². The maximum absolute atomic E-state index is 13.0. The molecule has 0 aliphatic rings. The number of carbonyl (C=O) groups excluding carboxylic acids is 1. The zero-order chi connectivity index (χ0) is 22.4. The average Bonchev–Trinajstić information content (AvgIpc) is 2.82. The monoisotopic (exact) mass is 440 g/mol. The maximum atomic E-state index is 13.0. The molecule has 162 valence electrons. The lowest BCUT2D eigenvalue weighted by Crippen LogP contribution is -2.27. The predicted molar refractivity (Wildman–Crippen MR) is 119 cm³/mol. The maximum Gasteiger partial charge on any atom is 0.264 e. The molecular weight excluding hydrogens is 416 g/mol. The Morgan fingerprint density at radius 3 is 2.35 bits per heavy atom. The van der Waals surface area contributed by atoms with Crippen LogP contribution in [0, 0.1) is 0 Å². The van der Waals surface area contributed by atoms with Gasteiger partial charge in [-0.05, 0) is 42.5 Å². The van der Waals surface area contributed by atoms with Crippen molar-refractivity contribution in [2.24, 2.45) is 0 Å². The molecule has 3 aromatic rings. The minimum absolute atomic E-state index is 0.0357. The SMILES string of the molecule is COc1ccc(CNC(=O)c2cccc(S(=O)(=O)N(C)c3ccccc3)c2)c(OC)c1. The molecule has 0 aliphatic carbocycles. The summed E-state index contributed by atoms with van der Waals surface area (Å²) in [5.74, 6) is 0.838. The summed E-state index contributed by atoms with van der Waals surface area (Å²) in [4.78, 5) is 12.7. The molecule has 0 aromatic heterocycles. The molecule has 3 aromatic carbocycles. The number of hydrogen-bond donors (Lipinski definition) is 1. The Balaban J connectivity index is 1.78. The molecule has 0 heterocycles. The Morgan fingerprint density at radius 1 is 0.935 bits per heavy atom. The molecule has 0 saturated carbocycles. The lowest BCUT2D eigenvalue weighted by atomic mass is 10.1. The van der Waals surface area contributed by atoms with Crippen molar-refractivity contribution in [1.29, 1.82) is 0 Å². The average molecular weight is 441 g/mol. The second-order valence-corrected chi connectivity index (χ2v) is 8.67. The first-order valence-electron chi connectivity index (χ1n) is 9.50. The van der Waals surface area contributed by atoms with Crippen LogP contribution in [0.4, 0.5) is 5.69 Å². The zero-order valence-corrected chi connectivity index (χ0v) is 18.3. The number of amides is 1. The van der Waals surface area contributed by atoms with Gasteiger partial charge in [-0.25, -0.2) is 8.42 Å². The van der Waals surface area contributed by atoms with Gasteiger partial charge in [0.15, 0.2) is 0 Å². The van der Waals surface area contributed by atoms with Crippen LogP contribution in [0.1, 0.15) is 15.9 Å². The predicted octanol–water partition coefficient (Wildman–Crippen LogP) is 3.46. The van der Waals surface area contributed by atoms with Gasteiger partial charge in [0.05, 0.1) is 24.8 Å². The molecule has 0 aliphatic heterocycles. The van der Waals surface area contributed by atoms with Crippen molar-refractivity contribution in [1.82, 2.24) is 5.32 Å². The van der Waals surface area contributed by atoms with Gasteiger partial charge in [-0.3, -0.25) is 9.10 Å². The van der Waals surface area contributed by atoms with E-state index in [9.17, 15) is 13.2 Å². The first-order valence-corrected chi connectivity index (χ1v) is 10.9. The number of carbonyl (C=O) groups is 1. The van der Waals surface area contributed by atoms with E-state index < -0.39 is 15.9 Å². The third kappa shape index (κ3) is 4.97. The number of hydrogen-bond acceptors (Lipinski definition) is 5. The van der Waals surface area contributed by atoms with Gasteiger partial charge in [0.2, 0.25) is 0 Å². The van der Waals surface area contributed by atoms with E-state index in [2.05, 4.69) is 5.32 Å². The third-order valence-corrected chi connectivity index (χ3v) is 6.59. The van der Waals surface area contributed by atoms with Crippen molar-refractivity contribution in [2.75, 3.05) is 25.6 Å². The number of anilines is 1. The summed E-state index contributed by atoms with van der Waals surface area (Å²) in [6, 6.07) is 20.0. The Morgan fingerprint density at radius 2 is 1.68 bits per heavy atom. The lowest BCUT2D eigenvalue weighted by Gasteiger charge is -2.19. The molecule has 0 saturated heterocycles. The van der Waals surface area contributed by atoms with Gasteiger partial charge in [-0.2, -0.15) is 0 Å². The highest BCUT2D eigenvalue weighted by Crippen LogP contribution is 2.25. The van der Waals surface area contributed by atoms with Crippen LogP contribution in [-0.4, -0.2) is 35.6 Å². The highest BCUT2D eigenvalue weighted by atomic mass is 32.2. The van der Waals surface area contributed by atoms with Crippen LogP contribution >= 0.6 is 0 Å². The number of nitrogens with zero attached hydrogens (tertiary/aromatic N) is 1. The minimum Gasteiger partial charge on any atom is -0.497 e. The highest BCUT2D eigenvalue weighted by Gasteiger charge is 2.22. The molecular formula is C23H24N2O5S. The van der Waals surface area contributed by atoms with Crippen LogP contribution < -0.4 is 19.1 Å². The fourth-order valence-corrected chi connectivity index (χ4v) is 4.25. The van der Waals surface area contributed by atoms with E-state index in [1.54, 1.807) is 61.7 Å². The smallest absolute Gasteiger partial charge is 0.264 e. The van der Waals surface area contributed by atoms with E-state index in [-0.39, 0.29) is 17.0 Å². The van der Waals surface area contributed by atoms with Crippen LogP contribution in [0.5, 0.6) is 11.5 Å². The summed E-state index contributed by atoms with van der Waals surface area (Å²) in [5, 5.41) is 2.80. The number of rotatable bonds is 8. The molecule has 1 amide bonds. The van der Waals surface area contributed by atoms with E-state index in [4.69, 9.17) is 9.47 Å². The number of methoxy groups -OCH3 is 2. The van der Waals surface area contributed by atoms with Crippen LogP contribution in [0.2, 0.25) is 0 Å². The van der Waals surface area contributed by atoms with E-state index >= 15 is 0 Å². The van der Waals surface area contributed by atoms with E-state index in [1.807, 2.05) is 6.07 Å². The lowest BCUT2D eigenvalue weighted by molar-refractivity contribution is 0.0950. The number of benzene rings is 3. The van der Waals surface area contributed by atoms with Gasteiger partial charge >= 0.3 is 0 Å². The second-order valence-electron chi connectivity index (χ2n) is 6.70. The number of para-hydroxylation sites is 1. The van der Waals surface area contributed by atoms with E-state index in [0.717, 1.165) is 5.56 Å². The first-order chi connectivity index (χ1) is 14.9. The van der Waals surface area contributed by atoms with Crippen molar-refractivity contribution in [3.05, 3.63) is 83.9 Å². The molecule has 31 heavy (non-hydrogen) atoms. The summed E-state index contributed by atoms with van der Waals surface area (Å²) in [6.45, 7) is 0.215. The summed E-state index contributed by atoms with van der Waals surface area (Å²) < 4.78 is 37.7. The fraction of sp³-hybridized carbons (Fsp3) is 0.174. The summed E-state index contributed by atoms with van der Waals surface area (Å²) in [6.07, 6.45) is 0. The summed E-state index contributed by atoms with van der Waals surface area (Å²) >= 11 is 0. The summed E-state index contributed by atoms with van der Waals surface area (Å²) in [5.41, 5.74) is 1.54. The van der Waals surface area contributed by atoms with Crippen molar-refractivity contribution in [3.8, 4) is 11.5 Å². The fourth-order valence-electron chi connectivity index (χ4n) is 3.01. The molecule has 8 heteroatoms. The van der Waals surface area contributed by atoms with E-state index in [0.29, 0.717) is 17.2 Å². The summed E-state index contributed by atoms with van der Waals surface area (Å²) in [7, 11) is 0.767. The largest absolute Gasteiger partial charge is 0.497 e. The van der Waals surface area contributed by atoms with E-state index in [1.165, 1.54) is 30.6 Å². The first kappa shape index (κ1) is 22.2. The third-order valence-electron chi connectivity index (χ3n) is 4.81. The molecule has 0 atom stereocenters. The van der Waals surface area contributed by atoms with Crippen LogP contribution in [0.25, 0.3) is 0 Å². The Kier molecular flexibility index (Phi) is 6.81. The van der Waals surface area contributed by atoms with Crippen LogP contribution in [0.15, 0.2) is 77.7 Å². The van der Waals surface area contributed by atoms with Gasteiger partial charge in [-0.15, -0.1) is 0 Å². The molecule has 0 unspecified atom stereocenters. The normalized spacial score (nSPS) is 10.9. The molecule has 0 fully saturated rings. The van der Waals surface area contributed by atoms with Gasteiger partial charge in [0.25, 0.3) is 15.9 Å².